The summed E-state index contributed by atoms with van der Waals surface area (Å²) >= 11 is 0. The van der Waals surface area contributed by atoms with Gasteiger partial charge in [0, 0.05) is 40.1 Å². The van der Waals surface area contributed by atoms with E-state index in [0.717, 1.165) is 17.0 Å². The maximum absolute atomic E-state index is 11.6. The molecule has 0 aliphatic carbocycles. The molecule has 1 aromatic rings. The molecule has 0 aromatic carbocycles. The highest BCUT2D eigenvalue weighted by Gasteiger charge is 2.17. The van der Waals surface area contributed by atoms with E-state index in [1.807, 2.05) is 6.92 Å². The average Bonchev–Trinajstić information content (AvgIpc) is 2.49. The van der Waals surface area contributed by atoms with Crippen molar-refractivity contribution >= 4 is 33.8 Å². The minimum absolute atomic E-state index is 0.0346. The first-order chi connectivity index (χ1) is 11.2. The van der Waals surface area contributed by atoms with Crippen molar-refractivity contribution in [3.63, 3.8) is 0 Å². The molecule has 6 nitrogen and oxygen atoms in total. The van der Waals surface area contributed by atoms with Crippen LogP contribution in [0.5, 0.6) is 0 Å². The molecular formula is C16H26N4O2S2. The lowest BCUT2D eigenvalue weighted by molar-refractivity contribution is -0.116. The molecule has 1 heterocycles. The lowest BCUT2D eigenvalue weighted by atomic mass is 10.2. The first kappa shape index (κ1) is 20.8. The van der Waals surface area contributed by atoms with Crippen molar-refractivity contribution in [2.75, 3.05) is 12.3 Å². The summed E-state index contributed by atoms with van der Waals surface area (Å²) in [6.45, 7) is 10.3. The van der Waals surface area contributed by atoms with Crippen molar-refractivity contribution in [1.29, 1.82) is 0 Å². The summed E-state index contributed by atoms with van der Waals surface area (Å²) in [6.07, 6.45) is 2.92. The first-order valence-corrected chi connectivity index (χ1v) is 9.79. The largest absolute Gasteiger partial charge is 0.396 e. The predicted molar refractivity (Wildman–Crippen MR) is 102 cm³/mol. The van der Waals surface area contributed by atoms with E-state index >= 15 is 0 Å². The Morgan fingerprint density at radius 1 is 1.46 bits per heavy atom. The predicted octanol–water partition coefficient (Wildman–Crippen LogP) is 3.12. The van der Waals surface area contributed by atoms with Gasteiger partial charge >= 0.3 is 0 Å². The molecule has 0 saturated carbocycles. The summed E-state index contributed by atoms with van der Waals surface area (Å²) in [5.74, 6) is 0.974. The number of aryl methyl sites for hydroxylation is 1. The third-order valence-electron chi connectivity index (χ3n) is 3.05. The Morgan fingerprint density at radius 3 is 2.62 bits per heavy atom. The van der Waals surface area contributed by atoms with E-state index in [2.05, 4.69) is 30.7 Å². The molecule has 24 heavy (non-hydrogen) atoms. The number of aliphatic hydroxyl groups excluding tert-OH is 1. The fraction of sp³-hybridized carbons (Fsp3) is 0.562. The number of anilines is 1. The number of amides is 1. The van der Waals surface area contributed by atoms with Gasteiger partial charge in [0.15, 0.2) is 0 Å². The van der Waals surface area contributed by atoms with Gasteiger partial charge in [-0.05, 0) is 13.8 Å². The highest BCUT2D eigenvalue weighted by Crippen LogP contribution is 2.42. The maximum Gasteiger partial charge on any atom is 0.214 e. The number of nitrogens with two attached hydrogens (primary N) is 1. The molecule has 0 spiro atoms. The van der Waals surface area contributed by atoms with Crippen molar-refractivity contribution in [2.45, 2.75) is 52.3 Å². The first-order valence-electron chi connectivity index (χ1n) is 7.64. The molecule has 1 amide bonds. The van der Waals surface area contributed by atoms with Crippen LogP contribution in [0.3, 0.4) is 0 Å². The number of nitrogen functional groups attached to an aromatic ring is 1. The molecule has 0 unspecified atom stereocenters. The van der Waals surface area contributed by atoms with Gasteiger partial charge in [-0.2, -0.15) is 0 Å². The van der Waals surface area contributed by atoms with E-state index in [9.17, 15) is 9.90 Å². The third kappa shape index (κ3) is 6.70. The number of hydrogen-bond acceptors (Lipinski definition) is 7. The van der Waals surface area contributed by atoms with Crippen LogP contribution in [0, 0.1) is 6.92 Å². The van der Waals surface area contributed by atoms with Crippen molar-refractivity contribution in [1.82, 2.24) is 14.9 Å². The standard InChI is InChI=1S/C16H26N4O2S2/c1-11(14(6-7-21)23-24-16(3,4)5)20(10-22)9-13-8-18-12(2)19-15(13)17/h8,10,21H,6-7,9H2,1-5H3,(H2,17,18,19). The molecule has 0 radical (unpaired) electrons. The fourth-order valence-electron chi connectivity index (χ4n) is 1.77. The zero-order chi connectivity index (χ0) is 18.3. The van der Waals surface area contributed by atoms with Crippen LogP contribution in [0.25, 0.3) is 0 Å². The number of allylic oxidation sites excluding steroid dienone is 1. The van der Waals surface area contributed by atoms with E-state index in [4.69, 9.17) is 5.73 Å². The van der Waals surface area contributed by atoms with E-state index in [1.54, 1.807) is 39.6 Å². The van der Waals surface area contributed by atoms with Gasteiger partial charge < -0.3 is 15.7 Å². The van der Waals surface area contributed by atoms with Gasteiger partial charge in [0.1, 0.15) is 11.6 Å². The molecule has 0 fully saturated rings. The monoisotopic (exact) mass is 370 g/mol. The normalized spacial score (nSPS) is 12.8. The van der Waals surface area contributed by atoms with E-state index in [-0.39, 0.29) is 11.4 Å². The topological polar surface area (TPSA) is 92.3 Å². The molecular weight excluding hydrogens is 344 g/mol. The Balaban J connectivity index is 3.01. The minimum Gasteiger partial charge on any atom is -0.396 e. The summed E-state index contributed by atoms with van der Waals surface area (Å²) < 4.78 is 0.0763. The summed E-state index contributed by atoms with van der Waals surface area (Å²) in [4.78, 5) is 22.4. The van der Waals surface area contributed by atoms with Gasteiger partial charge in [-0.3, -0.25) is 4.79 Å². The van der Waals surface area contributed by atoms with E-state index < -0.39 is 0 Å². The van der Waals surface area contributed by atoms with E-state index in [1.165, 1.54) is 0 Å². The Labute approximate surface area is 151 Å². The molecule has 0 saturated heterocycles. The molecule has 1 rings (SSSR count). The molecule has 1 aromatic heterocycles. The van der Waals surface area contributed by atoms with Crippen LogP contribution in [-0.2, 0) is 11.3 Å². The number of hydrogen-bond donors (Lipinski definition) is 2. The van der Waals surface area contributed by atoms with Crippen LogP contribution in [-0.4, -0.2) is 37.7 Å². The van der Waals surface area contributed by atoms with Gasteiger partial charge in [-0.15, -0.1) is 0 Å². The van der Waals surface area contributed by atoms with Crippen LogP contribution in [0.4, 0.5) is 5.82 Å². The van der Waals surface area contributed by atoms with Gasteiger partial charge in [-0.25, -0.2) is 9.97 Å². The zero-order valence-corrected chi connectivity index (χ0v) is 16.5. The quantitative estimate of drug-likeness (QED) is 0.536. The lowest BCUT2D eigenvalue weighted by Crippen LogP contribution is -2.22. The van der Waals surface area contributed by atoms with Gasteiger partial charge in [-0.1, -0.05) is 42.4 Å². The smallest absolute Gasteiger partial charge is 0.214 e. The zero-order valence-electron chi connectivity index (χ0n) is 14.9. The second-order valence-corrected chi connectivity index (χ2v) is 9.37. The average molecular weight is 371 g/mol. The molecule has 0 aliphatic heterocycles. The molecule has 0 aliphatic rings. The Bertz CT molecular complexity index is 600. The van der Waals surface area contributed by atoms with Crippen molar-refractivity contribution < 1.29 is 9.90 Å². The van der Waals surface area contributed by atoms with Gasteiger partial charge in [0.25, 0.3) is 0 Å². The number of rotatable bonds is 8. The Kier molecular flexibility index (Phi) is 8.05. The maximum atomic E-state index is 11.6. The second-order valence-electron chi connectivity index (χ2n) is 6.32. The number of carbonyl (C=O) groups is 1. The van der Waals surface area contributed by atoms with Crippen molar-refractivity contribution in [2.24, 2.45) is 0 Å². The summed E-state index contributed by atoms with van der Waals surface area (Å²) in [5, 5.41) is 9.33. The van der Waals surface area contributed by atoms with Crippen LogP contribution in [0.2, 0.25) is 0 Å². The molecule has 134 valence electrons. The highest BCUT2D eigenvalue weighted by atomic mass is 33.1. The molecule has 0 atom stereocenters. The number of nitrogens with zero attached hydrogens (tertiary/aromatic N) is 3. The second kappa shape index (κ2) is 9.29. The molecule has 0 bridgehead atoms. The lowest BCUT2D eigenvalue weighted by Gasteiger charge is -2.24. The molecule has 3 N–H and O–H groups in total. The van der Waals surface area contributed by atoms with E-state index in [0.29, 0.717) is 30.2 Å². The number of carbonyl (C=O) groups excluding carboxylic acids is 1. The van der Waals surface area contributed by atoms with Gasteiger partial charge in [0.2, 0.25) is 6.41 Å². The number of aliphatic hydroxyl groups is 1. The van der Waals surface area contributed by atoms with Crippen molar-refractivity contribution in [3.05, 3.63) is 28.2 Å². The van der Waals surface area contributed by atoms with Crippen LogP contribution >= 0.6 is 21.6 Å². The fourth-order valence-corrected chi connectivity index (χ4v) is 4.20. The summed E-state index contributed by atoms with van der Waals surface area (Å²) in [5.41, 5.74) is 7.42. The summed E-state index contributed by atoms with van der Waals surface area (Å²) in [7, 11) is 3.30. The third-order valence-corrected chi connectivity index (χ3v) is 6.69. The molecule has 8 heteroatoms. The number of aromatic nitrogens is 2. The van der Waals surface area contributed by atoms with Crippen molar-refractivity contribution in [3.8, 4) is 0 Å². The van der Waals surface area contributed by atoms with Crippen LogP contribution in [0.1, 0.15) is 45.5 Å². The Morgan fingerprint density at radius 2 is 2.12 bits per heavy atom. The summed E-state index contributed by atoms with van der Waals surface area (Å²) in [6, 6.07) is 0. The van der Waals surface area contributed by atoms with Gasteiger partial charge in [0.05, 0.1) is 6.54 Å². The van der Waals surface area contributed by atoms with Crippen LogP contribution in [0.15, 0.2) is 16.8 Å². The van der Waals surface area contributed by atoms with Crippen LogP contribution < -0.4 is 5.73 Å². The highest BCUT2D eigenvalue weighted by molar-refractivity contribution is 8.78. The minimum atomic E-state index is 0.0346. The SMILES string of the molecule is CC(=C(CCO)SSC(C)(C)C)N(C=O)Cc1cnc(C)nc1N. The Hall–Kier alpha value is -1.25.